The molecule has 0 spiro atoms. The SMILES string of the molecule is COCc1cccc(Oc2cc(N)ccc2C(N)=O)c1. The number of amides is 1. The summed E-state index contributed by atoms with van der Waals surface area (Å²) in [5.41, 5.74) is 12.8. The Balaban J connectivity index is 2.31. The number of methoxy groups -OCH3 is 1. The highest BCUT2D eigenvalue weighted by Gasteiger charge is 2.11. The van der Waals surface area contributed by atoms with Crippen molar-refractivity contribution in [2.45, 2.75) is 6.61 Å². The van der Waals surface area contributed by atoms with Gasteiger partial charge in [-0.2, -0.15) is 0 Å². The number of rotatable bonds is 5. The number of primary amides is 1. The summed E-state index contributed by atoms with van der Waals surface area (Å²) in [7, 11) is 1.62. The molecule has 104 valence electrons. The zero-order chi connectivity index (χ0) is 14.5. The molecule has 20 heavy (non-hydrogen) atoms. The van der Waals surface area contributed by atoms with Crippen LogP contribution in [0.1, 0.15) is 15.9 Å². The molecule has 4 N–H and O–H groups in total. The van der Waals surface area contributed by atoms with E-state index in [-0.39, 0.29) is 5.56 Å². The van der Waals surface area contributed by atoms with Crippen molar-refractivity contribution < 1.29 is 14.3 Å². The van der Waals surface area contributed by atoms with E-state index in [0.717, 1.165) is 5.56 Å². The molecule has 0 aliphatic rings. The maximum atomic E-state index is 11.4. The predicted molar refractivity (Wildman–Crippen MR) is 76.6 cm³/mol. The van der Waals surface area contributed by atoms with Crippen molar-refractivity contribution in [3.8, 4) is 11.5 Å². The summed E-state index contributed by atoms with van der Waals surface area (Å²) in [5.74, 6) is 0.368. The van der Waals surface area contributed by atoms with Gasteiger partial charge < -0.3 is 20.9 Å². The molecule has 2 rings (SSSR count). The standard InChI is InChI=1S/C15H16N2O3/c1-19-9-10-3-2-4-12(7-10)20-14-8-11(16)5-6-13(14)15(17)18/h2-8H,9,16H2,1H3,(H2,17,18). The number of nitrogen functional groups attached to an aromatic ring is 1. The summed E-state index contributed by atoms with van der Waals surface area (Å²) in [4.78, 5) is 11.4. The first-order valence-electron chi connectivity index (χ1n) is 6.05. The first kappa shape index (κ1) is 13.9. The van der Waals surface area contributed by atoms with E-state index in [4.69, 9.17) is 20.9 Å². The van der Waals surface area contributed by atoms with E-state index in [0.29, 0.717) is 23.8 Å². The van der Waals surface area contributed by atoms with Gasteiger partial charge in [-0.25, -0.2) is 0 Å². The van der Waals surface area contributed by atoms with Crippen LogP contribution in [0.15, 0.2) is 42.5 Å². The molecule has 0 aliphatic heterocycles. The first-order valence-corrected chi connectivity index (χ1v) is 6.05. The van der Waals surface area contributed by atoms with Gasteiger partial charge in [0.2, 0.25) is 0 Å². The summed E-state index contributed by atoms with van der Waals surface area (Å²) >= 11 is 0. The van der Waals surface area contributed by atoms with E-state index >= 15 is 0 Å². The van der Waals surface area contributed by atoms with Gasteiger partial charge in [0, 0.05) is 18.9 Å². The maximum absolute atomic E-state index is 11.4. The quantitative estimate of drug-likeness (QED) is 0.817. The van der Waals surface area contributed by atoms with Crippen molar-refractivity contribution in [3.05, 3.63) is 53.6 Å². The predicted octanol–water partition coefficient (Wildman–Crippen LogP) is 2.31. The smallest absolute Gasteiger partial charge is 0.252 e. The molecule has 0 radical (unpaired) electrons. The van der Waals surface area contributed by atoms with Gasteiger partial charge in [-0.15, -0.1) is 0 Å². The molecular weight excluding hydrogens is 256 g/mol. The van der Waals surface area contributed by atoms with Crippen LogP contribution in [-0.4, -0.2) is 13.0 Å². The van der Waals surface area contributed by atoms with Crippen LogP contribution in [0.3, 0.4) is 0 Å². The Morgan fingerprint density at radius 2 is 2.00 bits per heavy atom. The largest absolute Gasteiger partial charge is 0.456 e. The second-order valence-electron chi connectivity index (χ2n) is 4.30. The van der Waals surface area contributed by atoms with Crippen molar-refractivity contribution in [3.63, 3.8) is 0 Å². The number of hydrogen-bond donors (Lipinski definition) is 2. The van der Waals surface area contributed by atoms with Crippen molar-refractivity contribution >= 4 is 11.6 Å². The lowest BCUT2D eigenvalue weighted by Gasteiger charge is -2.11. The number of anilines is 1. The van der Waals surface area contributed by atoms with Crippen molar-refractivity contribution in [1.82, 2.24) is 0 Å². The third-order valence-corrected chi connectivity index (χ3v) is 2.71. The van der Waals surface area contributed by atoms with Crippen LogP contribution < -0.4 is 16.2 Å². The van der Waals surface area contributed by atoms with Crippen LogP contribution >= 0.6 is 0 Å². The summed E-state index contributed by atoms with van der Waals surface area (Å²) in [6.45, 7) is 0.483. The fourth-order valence-electron chi connectivity index (χ4n) is 1.82. The number of hydrogen-bond acceptors (Lipinski definition) is 4. The topological polar surface area (TPSA) is 87.6 Å². The normalized spacial score (nSPS) is 10.2. The molecule has 0 aromatic heterocycles. The monoisotopic (exact) mass is 272 g/mol. The molecule has 2 aromatic carbocycles. The Morgan fingerprint density at radius 1 is 1.20 bits per heavy atom. The highest BCUT2D eigenvalue weighted by molar-refractivity contribution is 5.96. The minimum absolute atomic E-state index is 0.288. The molecule has 5 heteroatoms. The second kappa shape index (κ2) is 6.08. The van der Waals surface area contributed by atoms with E-state index in [1.54, 1.807) is 31.4 Å². The molecular formula is C15H16N2O3. The lowest BCUT2D eigenvalue weighted by molar-refractivity contribution is 0.0998. The average molecular weight is 272 g/mol. The zero-order valence-electron chi connectivity index (χ0n) is 11.1. The summed E-state index contributed by atoms with van der Waals surface area (Å²) < 4.78 is 10.8. The fraction of sp³-hybridized carbons (Fsp3) is 0.133. The van der Waals surface area contributed by atoms with Gasteiger partial charge >= 0.3 is 0 Å². The van der Waals surface area contributed by atoms with Crippen LogP contribution in [0.4, 0.5) is 5.69 Å². The number of carbonyl (C=O) groups is 1. The molecule has 0 saturated carbocycles. The first-order chi connectivity index (χ1) is 9.60. The number of benzene rings is 2. The third kappa shape index (κ3) is 3.27. The molecule has 5 nitrogen and oxygen atoms in total. The van der Waals surface area contributed by atoms with Gasteiger partial charge in [0.25, 0.3) is 5.91 Å². The highest BCUT2D eigenvalue weighted by atomic mass is 16.5. The molecule has 0 atom stereocenters. The summed E-state index contributed by atoms with van der Waals surface area (Å²) in [5, 5.41) is 0. The minimum Gasteiger partial charge on any atom is -0.456 e. The fourth-order valence-corrected chi connectivity index (χ4v) is 1.82. The molecule has 2 aromatic rings. The van der Waals surface area contributed by atoms with Gasteiger partial charge in [-0.1, -0.05) is 12.1 Å². The Morgan fingerprint density at radius 3 is 2.70 bits per heavy atom. The highest BCUT2D eigenvalue weighted by Crippen LogP contribution is 2.28. The summed E-state index contributed by atoms with van der Waals surface area (Å²) in [6, 6.07) is 12.1. The Labute approximate surface area is 117 Å². The molecule has 0 heterocycles. The van der Waals surface area contributed by atoms with Crippen LogP contribution in [0, 0.1) is 0 Å². The molecule has 0 unspecified atom stereocenters. The van der Waals surface area contributed by atoms with Crippen molar-refractivity contribution in [2.75, 3.05) is 12.8 Å². The Kier molecular flexibility index (Phi) is 4.22. The van der Waals surface area contributed by atoms with Crippen LogP contribution in [0.2, 0.25) is 0 Å². The van der Waals surface area contributed by atoms with E-state index in [1.165, 1.54) is 0 Å². The van der Waals surface area contributed by atoms with E-state index in [9.17, 15) is 4.79 Å². The second-order valence-corrected chi connectivity index (χ2v) is 4.30. The average Bonchev–Trinajstić information content (AvgIpc) is 2.39. The van der Waals surface area contributed by atoms with E-state index in [1.807, 2.05) is 18.2 Å². The minimum atomic E-state index is -0.562. The molecule has 0 saturated heterocycles. The van der Waals surface area contributed by atoms with Gasteiger partial charge in [0.15, 0.2) is 0 Å². The maximum Gasteiger partial charge on any atom is 0.252 e. The van der Waals surface area contributed by atoms with Gasteiger partial charge in [-0.05, 0) is 29.8 Å². The zero-order valence-corrected chi connectivity index (χ0v) is 11.1. The Hall–Kier alpha value is -2.53. The van der Waals surface area contributed by atoms with Crippen molar-refractivity contribution in [1.29, 1.82) is 0 Å². The summed E-state index contributed by atoms with van der Waals surface area (Å²) in [6.07, 6.45) is 0. The third-order valence-electron chi connectivity index (χ3n) is 2.71. The number of ether oxygens (including phenoxy) is 2. The Bertz CT molecular complexity index is 626. The molecule has 1 amide bonds. The van der Waals surface area contributed by atoms with Crippen LogP contribution in [-0.2, 0) is 11.3 Å². The number of carbonyl (C=O) groups excluding carboxylic acids is 1. The van der Waals surface area contributed by atoms with Gasteiger partial charge in [-0.3, -0.25) is 4.79 Å². The van der Waals surface area contributed by atoms with Crippen LogP contribution in [0.5, 0.6) is 11.5 Å². The van der Waals surface area contributed by atoms with E-state index < -0.39 is 5.91 Å². The van der Waals surface area contributed by atoms with Crippen LogP contribution in [0.25, 0.3) is 0 Å². The number of nitrogens with two attached hydrogens (primary N) is 2. The lowest BCUT2D eigenvalue weighted by Crippen LogP contribution is -2.12. The molecule has 0 fully saturated rings. The van der Waals surface area contributed by atoms with E-state index in [2.05, 4.69) is 0 Å². The molecule has 0 aliphatic carbocycles. The lowest BCUT2D eigenvalue weighted by atomic mass is 10.1. The molecule has 0 bridgehead atoms. The van der Waals surface area contributed by atoms with Gasteiger partial charge in [0.05, 0.1) is 12.2 Å². The van der Waals surface area contributed by atoms with Gasteiger partial charge in [0.1, 0.15) is 11.5 Å². The van der Waals surface area contributed by atoms with Crippen molar-refractivity contribution in [2.24, 2.45) is 5.73 Å².